The zero-order chi connectivity index (χ0) is 14.3. The largest absolute Gasteiger partial charge is 0.321 e. The predicted molar refractivity (Wildman–Crippen MR) is 76.9 cm³/mol. The number of carbonyl (C=O) groups is 1. The van der Waals surface area contributed by atoms with Crippen LogP contribution in [0.3, 0.4) is 0 Å². The van der Waals surface area contributed by atoms with Gasteiger partial charge in [0, 0.05) is 23.0 Å². The summed E-state index contributed by atoms with van der Waals surface area (Å²) < 4.78 is 13.9. The number of nitrogens with one attached hydrogen (secondary N) is 1. The lowest BCUT2D eigenvalue weighted by molar-refractivity contribution is -0.110. The Morgan fingerprint density at radius 1 is 1.40 bits per heavy atom. The molecule has 3 nitrogen and oxygen atoms in total. The molecule has 1 N–H and O–H groups in total. The molecule has 3 rings (SSSR count). The lowest BCUT2D eigenvalue weighted by Crippen LogP contribution is -2.03. The van der Waals surface area contributed by atoms with E-state index in [2.05, 4.69) is 10.3 Å². The van der Waals surface area contributed by atoms with Crippen molar-refractivity contribution in [2.24, 2.45) is 0 Å². The van der Waals surface area contributed by atoms with Gasteiger partial charge in [-0.2, -0.15) is 0 Å². The third-order valence-electron chi connectivity index (χ3n) is 3.10. The first-order valence-electron chi connectivity index (χ1n) is 6.00. The number of hydrogen-bond acceptors (Lipinski definition) is 2. The van der Waals surface area contributed by atoms with Gasteiger partial charge >= 0.3 is 0 Å². The second-order valence-corrected chi connectivity index (χ2v) is 4.93. The van der Waals surface area contributed by atoms with E-state index in [1.165, 1.54) is 12.1 Å². The van der Waals surface area contributed by atoms with Gasteiger partial charge in [0.05, 0.1) is 16.3 Å². The molecule has 0 saturated carbocycles. The fourth-order valence-electron chi connectivity index (χ4n) is 2.12. The zero-order valence-corrected chi connectivity index (χ0v) is 11.3. The van der Waals surface area contributed by atoms with Crippen molar-refractivity contribution in [1.82, 2.24) is 4.98 Å². The number of carbonyl (C=O) groups excluding carboxylic acids is 1. The maximum Gasteiger partial charge on any atom is 0.256 e. The molecule has 0 atom stereocenters. The Kier molecular flexibility index (Phi) is 3.03. The molecule has 2 aromatic rings. The number of pyridine rings is 1. The average Bonchev–Trinajstić information content (AvgIpc) is 2.70. The van der Waals surface area contributed by atoms with Crippen LogP contribution in [0.2, 0.25) is 5.02 Å². The molecule has 0 saturated heterocycles. The minimum absolute atomic E-state index is 0.0278. The van der Waals surface area contributed by atoms with Crippen LogP contribution < -0.4 is 5.32 Å². The summed E-state index contributed by atoms with van der Waals surface area (Å²) in [6.07, 6.45) is 3.09. The smallest absolute Gasteiger partial charge is 0.256 e. The average molecular weight is 289 g/mol. The Bertz CT molecular complexity index is 756. The van der Waals surface area contributed by atoms with Crippen molar-refractivity contribution in [2.75, 3.05) is 5.32 Å². The molecule has 1 aliphatic rings. The van der Waals surface area contributed by atoms with E-state index in [1.807, 2.05) is 6.92 Å². The summed E-state index contributed by atoms with van der Waals surface area (Å²) in [4.78, 5) is 16.1. The fourth-order valence-corrected chi connectivity index (χ4v) is 2.30. The normalized spacial score (nSPS) is 15.3. The van der Waals surface area contributed by atoms with E-state index in [1.54, 1.807) is 24.4 Å². The zero-order valence-electron chi connectivity index (χ0n) is 10.6. The van der Waals surface area contributed by atoms with Crippen LogP contribution in [0.5, 0.6) is 0 Å². The van der Waals surface area contributed by atoms with E-state index in [4.69, 9.17) is 11.6 Å². The summed E-state index contributed by atoms with van der Waals surface area (Å²) in [5.41, 5.74) is 2.82. The van der Waals surface area contributed by atoms with Crippen molar-refractivity contribution in [3.05, 3.63) is 58.1 Å². The van der Waals surface area contributed by atoms with E-state index in [0.29, 0.717) is 16.8 Å². The molecule has 1 aliphatic heterocycles. The van der Waals surface area contributed by atoms with E-state index in [0.717, 1.165) is 5.69 Å². The minimum atomic E-state index is -0.539. The summed E-state index contributed by atoms with van der Waals surface area (Å²) >= 11 is 5.74. The van der Waals surface area contributed by atoms with Crippen LogP contribution in [-0.4, -0.2) is 10.9 Å². The highest BCUT2D eigenvalue weighted by molar-refractivity contribution is 6.35. The molecule has 0 spiro atoms. The molecule has 1 amide bonds. The Hall–Kier alpha value is -2.20. The standard InChI is InChI=1S/C15H10ClFN2O/c1-8-5-13-11(7-18-8)10(15(20)19-13)6-9-3-2-4-12(16)14(9)17/h2-7H,1H3,(H,19,20)/b10-6-. The highest BCUT2D eigenvalue weighted by atomic mass is 35.5. The molecular weight excluding hydrogens is 279 g/mol. The Labute approximate surface area is 120 Å². The number of benzene rings is 1. The first-order chi connectivity index (χ1) is 9.56. The topological polar surface area (TPSA) is 42.0 Å². The maximum absolute atomic E-state index is 13.9. The molecule has 0 radical (unpaired) electrons. The molecule has 0 unspecified atom stereocenters. The lowest BCUT2D eigenvalue weighted by Gasteiger charge is -2.01. The second-order valence-electron chi connectivity index (χ2n) is 4.53. The molecule has 1 aromatic carbocycles. The van der Waals surface area contributed by atoms with Crippen molar-refractivity contribution in [1.29, 1.82) is 0 Å². The molecule has 5 heteroatoms. The van der Waals surface area contributed by atoms with Gasteiger partial charge in [0.15, 0.2) is 0 Å². The monoisotopic (exact) mass is 288 g/mol. The Morgan fingerprint density at radius 2 is 2.20 bits per heavy atom. The fraction of sp³-hybridized carbons (Fsp3) is 0.0667. The number of aromatic nitrogens is 1. The van der Waals surface area contributed by atoms with E-state index < -0.39 is 5.82 Å². The van der Waals surface area contributed by atoms with Crippen molar-refractivity contribution in [2.45, 2.75) is 6.92 Å². The first kappa shape index (κ1) is 12.8. The van der Waals surface area contributed by atoms with Gasteiger partial charge < -0.3 is 5.32 Å². The van der Waals surface area contributed by atoms with Crippen LogP contribution in [0.25, 0.3) is 11.6 Å². The van der Waals surface area contributed by atoms with Crippen LogP contribution >= 0.6 is 11.6 Å². The lowest BCUT2D eigenvalue weighted by atomic mass is 10.1. The van der Waals surface area contributed by atoms with Crippen LogP contribution in [0.4, 0.5) is 10.1 Å². The van der Waals surface area contributed by atoms with Crippen molar-refractivity contribution >= 4 is 34.8 Å². The van der Waals surface area contributed by atoms with Crippen molar-refractivity contribution < 1.29 is 9.18 Å². The molecule has 2 heterocycles. The SMILES string of the molecule is Cc1cc2c(cn1)/C(=C/c1cccc(Cl)c1F)C(=O)N2. The predicted octanol–water partition coefficient (Wildman–Crippen LogP) is 3.68. The third kappa shape index (κ3) is 2.08. The molecule has 1 aromatic heterocycles. The van der Waals surface area contributed by atoms with Gasteiger partial charge in [0.1, 0.15) is 5.82 Å². The third-order valence-corrected chi connectivity index (χ3v) is 3.40. The molecule has 20 heavy (non-hydrogen) atoms. The van der Waals surface area contributed by atoms with Crippen LogP contribution in [0.1, 0.15) is 16.8 Å². The van der Waals surface area contributed by atoms with E-state index >= 15 is 0 Å². The molecule has 0 fully saturated rings. The summed E-state index contributed by atoms with van der Waals surface area (Å²) in [5.74, 6) is -0.810. The number of aryl methyl sites for hydroxylation is 1. The van der Waals surface area contributed by atoms with Gasteiger partial charge in [-0.25, -0.2) is 4.39 Å². The number of hydrogen-bond donors (Lipinski definition) is 1. The molecule has 100 valence electrons. The molecule has 0 aliphatic carbocycles. The number of halogens is 2. The number of anilines is 1. The second kappa shape index (κ2) is 4.72. The summed E-state index contributed by atoms with van der Waals surface area (Å²) in [6.45, 7) is 1.84. The molecular formula is C15H10ClFN2O. The quantitative estimate of drug-likeness (QED) is 0.814. The van der Waals surface area contributed by atoms with E-state index in [-0.39, 0.29) is 16.5 Å². The minimum Gasteiger partial charge on any atom is -0.321 e. The molecule has 0 bridgehead atoms. The summed E-state index contributed by atoms with van der Waals surface area (Å²) in [6, 6.07) is 6.45. The van der Waals surface area contributed by atoms with Gasteiger partial charge in [-0.3, -0.25) is 9.78 Å². The highest BCUT2D eigenvalue weighted by Crippen LogP contribution is 2.33. The number of amides is 1. The van der Waals surface area contributed by atoms with Crippen molar-refractivity contribution in [3.8, 4) is 0 Å². The number of nitrogens with zero attached hydrogens (tertiary/aromatic N) is 1. The van der Waals surface area contributed by atoms with Crippen LogP contribution in [-0.2, 0) is 4.79 Å². The van der Waals surface area contributed by atoms with E-state index in [9.17, 15) is 9.18 Å². The van der Waals surface area contributed by atoms with Gasteiger partial charge in [-0.05, 0) is 25.1 Å². The summed E-state index contributed by atoms with van der Waals surface area (Å²) in [7, 11) is 0. The van der Waals surface area contributed by atoms with Gasteiger partial charge in [-0.15, -0.1) is 0 Å². The Balaban J connectivity index is 2.14. The van der Waals surface area contributed by atoms with Gasteiger partial charge in [0.25, 0.3) is 5.91 Å². The Morgan fingerprint density at radius 3 is 3.00 bits per heavy atom. The van der Waals surface area contributed by atoms with Gasteiger partial charge in [-0.1, -0.05) is 23.7 Å². The highest BCUT2D eigenvalue weighted by Gasteiger charge is 2.25. The van der Waals surface area contributed by atoms with Crippen LogP contribution in [0.15, 0.2) is 30.5 Å². The van der Waals surface area contributed by atoms with Crippen LogP contribution in [0, 0.1) is 12.7 Å². The van der Waals surface area contributed by atoms with Gasteiger partial charge in [0.2, 0.25) is 0 Å². The first-order valence-corrected chi connectivity index (χ1v) is 6.38. The van der Waals surface area contributed by atoms with Crippen molar-refractivity contribution in [3.63, 3.8) is 0 Å². The maximum atomic E-state index is 13.9. The summed E-state index contributed by atoms with van der Waals surface area (Å²) in [5, 5.41) is 2.77. The number of fused-ring (bicyclic) bond motifs is 1. The number of rotatable bonds is 1.